The maximum Gasteiger partial charge on any atom is 3.00 e. The third-order valence-electron chi connectivity index (χ3n) is 0. The van der Waals surface area contributed by atoms with E-state index in [-0.39, 0.29) is 57.9 Å². The molecule has 0 bridgehead atoms. The van der Waals surface area contributed by atoms with Crippen LogP contribution in [0.5, 0.6) is 0 Å². The normalized spacial score (nSPS) is 5.05. The molecule has 4 N–H and O–H groups in total. The van der Waals surface area contributed by atoms with Gasteiger partial charge in [-0.15, -0.1) is 0 Å². The Morgan fingerprint density at radius 1 is 0.632 bits per heavy atom. The minimum absolute atomic E-state index is 0. The zero-order valence-electron chi connectivity index (χ0n) is 8.63. The molecule has 0 aliphatic rings. The Morgan fingerprint density at radius 3 is 0.632 bits per heavy atom. The van der Waals surface area contributed by atoms with Gasteiger partial charge in [0.2, 0.25) is 0 Å². The molecule has 0 amide bonds. The summed E-state index contributed by atoms with van der Waals surface area (Å²) in [4.78, 5) is 33.8. The molecule has 0 atom stereocenters. The van der Waals surface area contributed by atoms with Gasteiger partial charge < -0.3 is 50.4 Å². The van der Waals surface area contributed by atoms with Crippen LogP contribution in [-0.2, 0) is 0 Å². The first kappa shape index (κ1) is 43.1. The third-order valence-corrected chi connectivity index (χ3v) is 0. The molecule has 0 aromatic heterocycles. The van der Waals surface area contributed by atoms with E-state index < -0.39 is 24.6 Å². The van der Waals surface area contributed by atoms with Crippen LogP contribution in [0.4, 0.5) is 19.2 Å². The molecular weight excluding hydrogens is 318 g/mol. The molecule has 0 aromatic rings. The Kier molecular flexibility index (Phi) is 81.5. The Morgan fingerprint density at radius 2 is 0.632 bits per heavy atom. The molecule has 12 nitrogen and oxygen atoms in total. The predicted molar refractivity (Wildman–Crippen MR) is 49.2 cm³/mol. The Bertz CT molecular complexity index is 170. The van der Waals surface area contributed by atoms with E-state index >= 15 is 0 Å². The smallest absolute Gasteiger partial charge is 0.652 e. The van der Waals surface area contributed by atoms with E-state index in [4.69, 9.17) is 60.0 Å². The summed E-state index contributed by atoms with van der Waals surface area (Å²) in [6.45, 7) is 0. The summed E-state index contributed by atoms with van der Waals surface area (Å²) in [5, 5.41) is 61.2. The first-order chi connectivity index (χ1) is 6.93. The van der Waals surface area contributed by atoms with Crippen LogP contribution >= 0.6 is 0 Å². The van der Waals surface area contributed by atoms with Crippen molar-refractivity contribution in [1.82, 2.24) is 0 Å². The number of hydrogen-bond acceptors (Lipinski definition) is 8. The molecule has 19 heavy (non-hydrogen) atoms. The van der Waals surface area contributed by atoms with Crippen molar-refractivity contribution in [3.05, 3.63) is 0 Å². The molecule has 0 spiro atoms. The summed E-state index contributed by atoms with van der Waals surface area (Å²) in [6.07, 6.45) is -8.33. The van der Waals surface area contributed by atoms with Crippen molar-refractivity contribution >= 4 is 52.9 Å². The van der Waals surface area contributed by atoms with Crippen molar-refractivity contribution in [2.24, 2.45) is 0 Å². The number of carbonyl (C=O) groups is 4. The second-order valence-corrected chi connectivity index (χ2v) is 1.07. The van der Waals surface area contributed by atoms with Crippen molar-refractivity contribution in [3.8, 4) is 0 Å². The molecule has 0 aromatic carbocycles. The second kappa shape index (κ2) is 36.0. The first-order valence-corrected chi connectivity index (χ1v) is 2.53. The molecule has 0 rings (SSSR count). The van der Waals surface area contributed by atoms with Crippen molar-refractivity contribution in [2.45, 2.75) is 0 Å². The molecule has 104 valence electrons. The fourth-order valence-corrected chi connectivity index (χ4v) is 0. The summed E-state index contributed by atoms with van der Waals surface area (Å²) < 4.78 is 0. The molecule has 0 fully saturated rings. The van der Waals surface area contributed by atoms with Gasteiger partial charge in [-0.1, -0.05) is 0 Å². The average molecular weight is 326 g/mol. The summed E-state index contributed by atoms with van der Waals surface area (Å²) in [5.74, 6) is 0. The Hall–Kier alpha value is -1.17. The number of hydrogen-bond donors (Lipinski definition) is 4. The van der Waals surface area contributed by atoms with Crippen LogP contribution < -0.4 is 50.0 Å². The monoisotopic (exact) mass is 326 g/mol. The summed E-state index contributed by atoms with van der Waals surface area (Å²) in [6, 6.07) is 0. The molecule has 0 radical (unpaired) electrons. The van der Waals surface area contributed by atoms with Gasteiger partial charge >= 0.3 is 59.2 Å². The molecule has 0 saturated carbocycles. The van der Waals surface area contributed by atoms with Crippen LogP contribution in [0.15, 0.2) is 0 Å². The molecular formula is C4H8AlNaO12Si. The second-order valence-electron chi connectivity index (χ2n) is 1.07. The summed E-state index contributed by atoms with van der Waals surface area (Å²) in [7, 11) is 0. The fourth-order valence-electron chi connectivity index (χ4n) is 0. The van der Waals surface area contributed by atoms with Gasteiger partial charge in [0.05, 0.1) is 0 Å². The molecule has 0 unspecified atom stereocenters. The third kappa shape index (κ3) is 2700. The van der Waals surface area contributed by atoms with Gasteiger partial charge in [-0.3, -0.25) is 0 Å². The van der Waals surface area contributed by atoms with E-state index in [2.05, 4.69) is 0 Å². The summed E-state index contributed by atoms with van der Waals surface area (Å²) in [5.41, 5.74) is 0. The topological polar surface area (TPSA) is 241 Å². The van der Waals surface area contributed by atoms with Crippen LogP contribution in [0.3, 0.4) is 0 Å². The number of carbonyl (C=O) groups excluding carboxylic acids is 2. The van der Waals surface area contributed by atoms with Crippen LogP contribution in [0, 0.1) is 0 Å². The summed E-state index contributed by atoms with van der Waals surface area (Å²) >= 11 is 0. The number of carboxylic acid groups (broad SMARTS) is 8. The predicted octanol–water partition coefficient (Wildman–Crippen LogP) is -9.28. The van der Waals surface area contributed by atoms with Crippen molar-refractivity contribution < 1.29 is 89.6 Å². The van der Waals surface area contributed by atoms with Gasteiger partial charge in [0.15, 0.2) is 0 Å². The van der Waals surface area contributed by atoms with Gasteiger partial charge in [-0.05, 0) is 23.3 Å². The zero-order chi connectivity index (χ0) is 14.3. The van der Waals surface area contributed by atoms with Crippen LogP contribution in [0.2, 0.25) is 0 Å². The minimum Gasteiger partial charge on any atom is -0.652 e. The minimum atomic E-state index is -2.33. The van der Waals surface area contributed by atoms with E-state index in [0.717, 1.165) is 0 Å². The van der Waals surface area contributed by atoms with E-state index in [1.54, 1.807) is 0 Å². The SMILES string of the molecule is O=C(O)O.O=C(O)O.O=C([O-])[O-].O=C([O-])[O-].[Al+3].[Na+].[SiH4]. The molecule has 0 heterocycles. The van der Waals surface area contributed by atoms with Gasteiger partial charge in [0.1, 0.15) is 0 Å². The molecule has 15 heteroatoms. The van der Waals surface area contributed by atoms with Crippen molar-refractivity contribution in [2.75, 3.05) is 0 Å². The molecule has 0 aliphatic carbocycles. The van der Waals surface area contributed by atoms with E-state index in [9.17, 15) is 0 Å². The quantitative estimate of drug-likeness (QED) is 0.303. The first-order valence-electron chi connectivity index (χ1n) is 2.53. The standard InChI is InChI=1S/4CH2O3.Al.Na.H4Si/c4*2-1(3)4;;;/h4*(H2,2,3,4);;;1H4/q;;;;+3;+1;/p-4. The van der Waals surface area contributed by atoms with Crippen molar-refractivity contribution in [1.29, 1.82) is 0 Å². The van der Waals surface area contributed by atoms with Gasteiger partial charge in [0, 0.05) is 0 Å². The Labute approximate surface area is 142 Å². The largest absolute Gasteiger partial charge is 3.00 e. The van der Waals surface area contributed by atoms with E-state index in [1.807, 2.05) is 0 Å². The molecule has 0 aliphatic heterocycles. The zero-order valence-corrected chi connectivity index (χ0v) is 11.8. The van der Waals surface area contributed by atoms with E-state index in [0.29, 0.717) is 0 Å². The van der Waals surface area contributed by atoms with Gasteiger partial charge in [0.25, 0.3) is 0 Å². The van der Waals surface area contributed by atoms with Gasteiger partial charge in [-0.25, -0.2) is 9.59 Å². The molecule has 0 saturated heterocycles. The maximum atomic E-state index is 8.56. The van der Waals surface area contributed by atoms with Crippen LogP contribution in [0.25, 0.3) is 0 Å². The Balaban J connectivity index is -0.0000000192. The van der Waals surface area contributed by atoms with Gasteiger partial charge in [-0.2, -0.15) is 0 Å². The number of rotatable bonds is 0. The van der Waals surface area contributed by atoms with Crippen LogP contribution in [-0.4, -0.2) is 73.4 Å². The van der Waals surface area contributed by atoms with Crippen molar-refractivity contribution in [3.63, 3.8) is 0 Å². The maximum absolute atomic E-state index is 8.56. The van der Waals surface area contributed by atoms with E-state index in [1.165, 1.54) is 0 Å². The fraction of sp³-hybridized carbons (Fsp3) is 0. The van der Waals surface area contributed by atoms with Crippen LogP contribution in [0.1, 0.15) is 0 Å². The average Bonchev–Trinajstić information content (AvgIpc) is 1.76.